The van der Waals surface area contributed by atoms with Gasteiger partial charge in [0, 0.05) is 29.4 Å². The molecular formula is C18H29N3. The van der Waals surface area contributed by atoms with E-state index in [2.05, 4.69) is 25.4 Å². The minimum absolute atomic E-state index is 0.475. The molecule has 0 aliphatic heterocycles. The lowest BCUT2D eigenvalue weighted by Crippen LogP contribution is -2.26. The summed E-state index contributed by atoms with van der Waals surface area (Å²) in [6.07, 6.45) is 12.4. The van der Waals surface area contributed by atoms with Crippen LogP contribution in [0.2, 0.25) is 0 Å². The van der Waals surface area contributed by atoms with Gasteiger partial charge in [0.15, 0.2) is 0 Å². The average molecular weight is 287 g/mol. The molecule has 3 unspecified atom stereocenters. The summed E-state index contributed by atoms with van der Waals surface area (Å²) in [5.74, 6) is 2.62. The predicted octanol–water partition coefficient (Wildman–Crippen LogP) is 4.15. The molecule has 1 aromatic rings. The van der Waals surface area contributed by atoms with E-state index in [4.69, 9.17) is 9.97 Å². The number of aromatic nitrogens is 2. The molecule has 0 bridgehead atoms. The quantitative estimate of drug-likeness (QED) is 0.904. The molecule has 0 radical (unpaired) electrons. The van der Waals surface area contributed by atoms with Gasteiger partial charge in [-0.05, 0) is 44.6 Å². The molecule has 1 N–H and O–H groups in total. The first-order chi connectivity index (χ1) is 10.3. The molecule has 21 heavy (non-hydrogen) atoms. The maximum atomic E-state index is 4.99. The first-order valence-electron chi connectivity index (χ1n) is 8.90. The molecule has 116 valence electrons. The van der Waals surface area contributed by atoms with Gasteiger partial charge in [-0.1, -0.05) is 33.1 Å². The van der Waals surface area contributed by atoms with E-state index in [-0.39, 0.29) is 0 Å². The zero-order chi connectivity index (χ0) is 14.7. The standard InChI is InChI=1S/C18H29N3/c1-3-13-7-5-8-14(11-13)18-20-12-15-16(19-4-2)9-6-10-17(15)21-18/h12-14,16,19H,3-11H2,1-2H3. The van der Waals surface area contributed by atoms with Crippen molar-refractivity contribution in [2.24, 2.45) is 5.92 Å². The molecule has 3 nitrogen and oxygen atoms in total. The SMILES string of the molecule is CCNC1CCCc2nc(C3CCCC(CC)C3)ncc21. The minimum atomic E-state index is 0.475. The summed E-state index contributed by atoms with van der Waals surface area (Å²) in [7, 11) is 0. The largest absolute Gasteiger partial charge is 0.310 e. The molecule has 0 saturated heterocycles. The Hall–Kier alpha value is -0.960. The van der Waals surface area contributed by atoms with Crippen molar-refractivity contribution in [3.8, 4) is 0 Å². The third-order valence-corrected chi connectivity index (χ3v) is 5.38. The van der Waals surface area contributed by atoms with Gasteiger partial charge in [0.25, 0.3) is 0 Å². The fraction of sp³-hybridized carbons (Fsp3) is 0.778. The van der Waals surface area contributed by atoms with Crippen LogP contribution < -0.4 is 5.32 Å². The molecule has 2 aliphatic rings. The zero-order valence-electron chi connectivity index (χ0n) is 13.6. The topological polar surface area (TPSA) is 37.8 Å². The molecule has 1 heterocycles. The van der Waals surface area contributed by atoms with Gasteiger partial charge in [-0.25, -0.2) is 9.97 Å². The Labute approximate surface area is 129 Å². The van der Waals surface area contributed by atoms with Gasteiger partial charge in [0.05, 0.1) is 0 Å². The average Bonchev–Trinajstić information content (AvgIpc) is 2.55. The lowest BCUT2D eigenvalue weighted by molar-refractivity contribution is 0.306. The smallest absolute Gasteiger partial charge is 0.131 e. The minimum Gasteiger partial charge on any atom is -0.310 e. The first kappa shape index (κ1) is 15.0. The summed E-state index contributed by atoms with van der Waals surface area (Å²) in [5, 5.41) is 3.58. The van der Waals surface area contributed by atoms with Crippen LogP contribution in [0.15, 0.2) is 6.20 Å². The number of hydrogen-bond donors (Lipinski definition) is 1. The van der Waals surface area contributed by atoms with Crippen LogP contribution in [0.5, 0.6) is 0 Å². The number of fused-ring (bicyclic) bond motifs is 1. The fourth-order valence-electron chi connectivity index (χ4n) is 4.11. The highest BCUT2D eigenvalue weighted by atomic mass is 14.9. The monoisotopic (exact) mass is 287 g/mol. The highest BCUT2D eigenvalue weighted by Gasteiger charge is 2.27. The van der Waals surface area contributed by atoms with Crippen molar-refractivity contribution >= 4 is 0 Å². The maximum absolute atomic E-state index is 4.99. The van der Waals surface area contributed by atoms with Crippen LogP contribution in [0.1, 0.15) is 87.8 Å². The van der Waals surface area contributed by atoms with Crippen LogP contribution in [0.25, 0.3) is 0 Å². The van der Waals surface area contributed by atoms with Gasteiger partial charge in [0.1, 0.15) is 5.82 Å². The summed E-state index contributed by atoms with van der Waals surface area (Å²) in [6.45, 7) is 5.52. The Morgan fingerprint density at radius 1 is 1.19 bits per heavy atom. The maximum Gasteiger partial charge on any atom is 0.131 e. The summed E-state index contributed by atoms with van der Waals surface area (Å²) in [6, 6.07) is 0.475. The van der Waals surface area contributed by atoms with E-state index in [0.29, 0.717) is 12.0 Å². The molecule has 1 saturated carbocycles. The second-order valence-corrected chi connectivity index (χ2v) is 6.77. The Morgan fingerprint density at radius 3 is 2.90 bits per heavy atom. The molecular weight excluding hydrogens is 258 g/mol. The Bertz CT molecular complexity index is 472. The van der Waals surface area contributed by atoms with Gasteiger partial charge < -0.3 is 5.32 Å². The van der Waals surface area contributed by atoms with Crippen LogP contribution in [-0.2, 0) is 6.42 Å². The lowest BCUT2D eigenvalue weighted by atomic mass is 9.79. The van der Waals surface area contributed by atoms with Crippen LogP contribution >= 0.6 is 0 Å². The van der Waals surface area contributed by atoms with Crippen LogP contribution in [0.4, 0.5) is 0 Å². The van der Waals surface area contributed by atoms with Crippen molar-refractivity contribution in [2.75, 3.05) is 6.54 Å². The second-order valence-electron chi connectivity index (χ2n) is 6.77. The zero-order valence-corrected chi connectivity index (χ0v) is 13.6. The van der Waals surface area contributed by atoms with E-state index in [9.17, 15) is 0 Å². The van der Waals surface area contributed by atoms with Gasteiger partial charge in [0.2, 0.25) is 0 Å². The van der Waals surface area contributed by atoms with E-state index in [1.165, 1.54) is 56.2 Å². The molecule has 1 fully saturated rings. The van der Waals surface area contributed by atoms with E-state index in [1.54, 1.807) is 0 Å². The molecule has 0 amide bonds. The Morgan fingerprint density at radius 2 is 2.10 bits per heavy atom. The van der Waals surface area contributed by atoms with Crippen molar-refractivity contribution in [2.45, 2.75) is 77.2 Å². The molecule has 0 spiro atoms. The molecule has 3 rings (SSSR count). The van der Waals surface area contributed by atoms with Gasteiger partial charge in [-0.3, -0.25) is 0 Å². The summed E-state index contributed by atoms with van der Waals surface area (Å²) in [4.78, 5) is 9.75. The highest BCUT2D eigenvalue weighted by Crippen LogP contribution is 2.37. The van der Waals surface area contributed by atoms with Crippen LogP contribution in [0, 0.1) is 5.92 Å². The Kier molecular flexibility index (Phi) is 4.89. The van der Waals surface area contributed by atoms with E-state index in [1.807, 2.05) is 0 Å². The molecule has 3 atom stereocenters. The molecule has 2 aliphatic carbocycles. The highest BCUT2D eigenvalue weighted by molar-refractivity contribution is 5.25. The third-order valence-electron chi connectivity index (χ3n) is 5.38. The fourth-order valence-corrected chi connectivity index (χ4v) is 4.11. The summed E-state index contributed by atoms with van der Waals surface area (Å²) in [5.41, 5.74) is 2.67. The number of rotatable bonds is 4. The molecule has 1 aromatic heterocycles. The third kappa shape index (κ3) is 3.28. The number of nitrogens with zero attached hydrogens (tertiary/aromatic N) is 2. The van der Waals surface area contributed by atoms with Crippen LogP contribution in [-0.4, -0.2) is 16.5 Å². The van der Waals surface area contributed by atoms with Gasteiger partial charge >= 0.3 is 0 Å². The first-order valence-corrected chi connectivity index (χ1v) is 8.90. The lowest BCUT2D eigenvalue weighted by Gasteiger charge is -2.29. The van der Waals surface area contributed by atoms with E-state index >= 15 is 0 Å². The summed E-state index contributed by atoms with van der Waals surface area (Å²) < 4.78 is 0. The molecule has 0 aromatic carbocycles. The van der Waals surface area contributed by atoms with Crippen LogP contribution in [0.3, 0.4) is 0 Å². The number of nitrogens with one attached hydrogen (secondary N) is 1. The van der Waals surface area contributed by atoms with Crippen molar-refractivity contribution in [1.82, 2.24) is 15.3 Å². The second kappa shape index (κ2) is 6.87. The Balaban J connectivity index is 1.79. The van der Waals surface area contributed by atoms with Crippen molar-refractivity contribution in [3.63, 3.8) is 0 Å². The normalized spacial score (nSPS) is 29.1. The van der Waals surface area contributed by atoms with Gasteiger partial charge in [-0.15, -0.1) is 0 Å². The summed E-state index contributed by atoms with van der Waals surface area (Å²) >= 11 is 0. The van der Waals surface area contributed by atoms with E-state index in [0.717, 1.165) is 24.7 Å². The van der Waals surface area contributed by atoms with E-state index < -0.39 is 0 Å². The molecule has 3 heteroatoms. The van der Waals surface area contributed by atoms with Crippen molar-refractivity contribution < 1.29 is 0 Å². The number of hydrogen-bond acceptors (Lipinski definition) is 3. The van der Waals surface area contributed by atoms with Crippen molar-refractivity contribution in [1.29, 1.82) is 0 Å². The predicted molar refractivity (Wildman–Crippen MR) is 86.4 cm³/mol. The number of aryl methyl sites for hydroxylation is 1. The van der Waals surface area contributed by atoms with Gasteiger partial charge in [-0.2, -0.15) is 0 Å². The van der Waals surface area contributed by atoms with Crippen molar-refractivity contribution in [3.05, 3.63) is 23.3 Å².